The van der Waals surface area contributed by atoms with E-state index in [2.05, 4.69) is 35.8 Å². The first-order chi connectivity index (χ1) is 16.0. The van der Waals surface area contributed by atoms with Crippen LogP contribution in [0.2, 0.25) is 0 Å². The number of aromatic nitrogens is 5. The van der Waals surface area contributed by atoms with Crippen LogP contribution in [0.15, 0.2) is 41.7 Å². The number of pyridine rings is 1. The smallest absolute Gasteiger partial charge is 0.273 e. The Morgan fingerprint density at radius 2 is 1.97 bits per heavy atom. The van der Waals surface area contributed by atoms with E-state index < -0.39 is 22.7 Å². The molecule has 160 valence electrons. The van der Waals surface area contributed by atoms with Gasteiger partial charge in [-0.15, -0.1) is 10.2 Å². The molecule has 4 rings (SSSR count). The van der Waals surface area contributed by atoms with Gasteiger partial charge in [-0.2, -0.15) is 0 Å². The molecule has 11 nitrogen and oxygen atoms in total. The van der Waals surface area contributed by atoms with Crippen LogP contribution in [0.4, 0.5) is 23.1 Å². The molecule has 0 aromatic carbocycles. The fourth-order valence-electron chi connectivity index (χ4n) is 2.86. The third kappa shape index (κ3) is 4.74. The lowest BCUT2D eigenvalue weighted by molar-refractivity contribution is 0.0958. The minimum Gasteiger partial charge on any atom is -0.354 e. The van der Waals surface area contributed by atoms with Crippen LogP contribution in [0, 0.1) is 0 Å². The van der Waals surface area contributed by atoms with Gasteiger partial charge in [0.1, 0.15) is 22.9 Å². The van der Waals surface area contributed by atoms with Gasteiger partial charge in [0, 0.05) is 47.3 Å². The summed E-state index contributed by atoms with van der Waals surface area (Å²) in [5.41, 5.74) is 0.510. The lowest BCUT2D eigenvalue weighted by atomic mass is 10.2. The average molecular weight is 444 g/mol. The van der Waals surface area contributed by atoms with Crippen molar-refractivity contribution in [3.05, 3.63) is 48.2 Å². The maximum absolute atomic E-state index is 12.6. The summed E-state index contributed by atoms with van der Waals surface area (Å²) in [5, 5.41) is 15.4. The lowest BCUT2D eigenvalue weighted by Crippen LogP contribution is -2.22. The molecule has 1 amide bonds. The molecule has 3 aromatic heterocycles. The van der Waals surface area contributed by atoms with Crippen LogP contribution in [0.1, 0.15) is 39.1 Å². The SMILES string of the molecule is [2H]C([2H])([2H])NC(=O)c1nnc(Nc2cc(C3CC3)ncn2)cc1Nc1ncccc1S(C)(=O)=O. The first-order valence-electron chi connectivity index (χ1n) is 10.7. The first-order valence-corrected chi connectivity index (χ1v) is 11.1. The number of hydrogen-bond acceptors (Lipinski definition) is 10. The monoisotopic (exact) mass is 443 g/mol. The van der Waals surface area contributed by atoms with Gasteiger partial charge in [-0.3, -0.25) is 4.79 Å². The standard InChI is InChI=1S/C19H20N8O3S/c1-20-19(28)17-13(24-18-14(31(2,29)30)4-3-7-21-18)9-16(26-27-17)25-15-8-12(11-5-6-11)22-10-23-15/h3-4,7-11H,5-6H2,1-2H3,(H,20,28)(H2,21,22,23,24,25,26)/i1D3. The number of sulfone groups is 1. The third-order valence-electron chi connectivity index (χ3n) is 4.49. The summed E-state index contributed by atoms with van der Waals surface area (Å²) in [6, 6.07) is 5.96. The van der Waals surface area contributed by atoms with Crippen molar-refractivity contribution in [2.24, 2.45) is 0 Å². The van der Waals surface area contributed by atoms with Crippen LogP contribution in [0.5, 0.6) is 0 Å². The van der Waals surface area contributed by atoms with Crippen molar-refractivity contribution in [2.45, 2.75) is 23.7 Å². The molecule has 0 aliphatic heterocycles. The molecule has 31 heavy (non-hydrogen) atoms. The van der Waals surface area contributed by atoms with Crippen molar-refractivity contribution in [1.29, 1.82) is 0 Å². The van der Waals surface area contributed by atoms with Crippen molar-refractivity contribution in [3.63, 3.8) is 0 Å². The van der Waals surface area contributed by atoms with Gasteiger partial charge in [0.15, 0.2) is 21.3 Å². The van der Waals surface area contributed by atoms with Crippen molar-refractivity contribution < 1.29 is 17.3 Å². The molecule has 0 spiro atoms. The molecule has 1 saturated carbocycles. The number of anilines is 4. The number of carbonyl (C=O) groups excluding carboxylic acids is 1. The van der Waals surface area contributed by atoms with Gasteiger partial charge < -0.3 is 16.0 Å². The Morgan fingerprint density at radius 3 is 2.71 bits per heavy atom. The van der Waals surface area contributed by atoms with Crippen molar-refractivity contribution >= 4 is 38.9 Å². The average Bonchev–Trinajstić information content (AvgIpc) is 3.58. The molecule has 0 bridgehead atoms. The van der Waals surface area contributed by atoms with Gasteiger partial charge in [-0.05, 0) is 25.0 Å². The molecular weight excluding hydrogens is 420 g/mol. The van der Waals surface area contributed by atoms with Gasteiger partial charge in [0.25, 0.3) is 5.91 Å². The normalized spacial score (nSPS) is 15.3. The predicted octanol–water partition coefficient (Wildman–Crippen LogP) is 1.79. The Morgan fingerprint density at radius 1 is 1.13 bits per heavy atom. The van der Waals surface area contributed by atoms with Crippen molar-refractivity contribution in [2.75, 3.05) is 23.9 Å². The molecular formula is C19H20N8O3S. The fourth-order valence-corrected chi connectivity index (χ4v) is 3.64. The van der Waals surface area contributed by atoms with Gasteiger partial charge in [0.05, 0.1) is 5.69 Å². The highest BCUT2D eigenvalue weighted by Crippen LogP contribution is 2.39. The highest BCUT2D eigenvalue weighted by molar-refractivity contribution is 7.90. The van der Waals surface area contributed by atoms with E-state index in [9.17, 15) is 13.2 Å². The fraction of sp³-hybridized carbons (Fsp3) is 0.263. The molecule has 1 aliphatic carbocycles. The van der Waals surface area contributed by atoms with Gasteiger partial charge in [-0.1, -0.05) is 0 Å². The molecule has 1 fully saturated rings. The summed E-state index contributed by atoms with van der Waals surface area (Å²) in [4.78, 5) is 24.9. The van der Waals surface area contributed by atoms with Crippen LogP contribution >= 0.6 is 0 Å². The predicted molar refractivity (Wildman–Crippen MR) is 113 cm³/mol. The largest absolute Gasteiger partial charge is 0.354 e. The maximum atomic E-state index is 12.6. The van der Waals surface area contributed by atoms with Crippen molar-refractivity contribution in [1.82, 2.24) is 30.5 Å². The minimum absolute atomic E-state index is 0.0145. The Hall–Kier alpha value is -3.67. The van der Waals surface area contributed by atoms with Crippen LogP contribution in [-0.2, 0) is 9.84 Å². The molecule has 0 radical (unpaired) electrons. The first kappa shape index (κ1) is 17.1. The van der Waals surface area contributed by atoms with Crippen LogP contribution < -0.4 is 16.0 Å². The second-order valence-electron chi connectivity index (χ2n) is 6.92. The summed E-state index contributed by atoms with van der Waals surface area (Å²) in [7, 11) is -3.67. The van der Waals surface area contributed by atoms with E-state index in [1.165, 1.54) is 30.7 Å². The second-order valence-corrected chi connectivity index (χ2v) is 8.90. The zero-order valence-corrected chi connectivity index (χ0v) is 17.1. The molecule has 0 unspecified atom stereocenters. The second kappa shape index (κ2) is 8.22. The van der Waals surface area contributed by atoms with Crippen LogP contribution in [-0.4, -0.2) is 52.7 Å². The molecule has 3 aromatic rings. The third-order valence-corrected chi connectivity index (χ3v) is 5.61. The molecule has 0 saturated heterocycles. The summed E-state index contributed by atoms with van der Waals surface area (Å²) in [6.07, 6.45) is 5.93. The molecule has 0 atom stereocenters. The van der Waals surface area contributed by atoms with E-state index >= 15 is 0 Å². The number of rotatable bonds is 7. The lowest BCUT2D eigenvalue weighted by Gasteiger charge is -2.13. The number of amides is 1. The van der Waals surface area contributed by atoms with Crippen LogP contribution in [0.25, 0.3) is 0 Å². The number of nitrogens with one attached hydrogen (secondary N) is 3. The molecule has 3 N–H and O–H groups in total. The number of hydrogen-bond donors (Lipinski definition) is 3. The maximum Gasteiger partial charge on any atom is 0.273 e. The Kier molecular flexibility index (Phi) is 4.52. The zero-order valence-electron chi connectivity index (χ0n) is 19.3. The van der Waals surface area contributed by atoms with E-state index in [1.54, 1.807) is 6.07 Å². The summed E-state index contributed by atoms with van der Waals surface area (Å²) >= 11 is 0. The molecule has 3 heterocycles. The summed E-state index contributed by atoms with van der Waals surface area (Å²) < 4.78 is 46.2. The van der Waals surface area contributed by atoms with E-state index in [0.717, 1.165) is 24.8 Å². The van der Waals surface area contributed by atoms with Crippen molar-refractivity contribution in [3.8, 4) is 0 Å². The Balaban J connectivity index is 1.71. The van der Waals surface area contributed by atoms with Crippen LogP contribution in [0.3, 0.4) is 0 Å². The zero-order chi connectivity index (χ0) is 24.5. The molecule has 1 aliphatic rings. The number of nitrogens with zero attached hydrogens (tertiary/aromatic N) is 5. The van der Waals surface area contributed by atoms with Gasteiger partial charge in [-0.25, -0.2) is 23.4 Å². The number of carbonyl (C=O) groups is 1. The van der Waals surface area contributed by atoms with Gasteiger partial charge >= 0.3 is 0 Å². The highest BCUT2D eigenvalue weighted by Gasteiger charge is 2.25. The molecule has 12 heteroatoms. The van der Waals surface area contributed by atoms with Gasteiger partial charge in [0.2, 0.25) is 0 Å². The highest BCUT2D eigenvalue weighted by atomic mass is 32.2. The van der Waals surface area contributed by atoms with E-state index in [4.69, 9.17) is 4.11 Å². The van der Waals surface area contributed by atoms with E-state index in [1.807, 2.05) is 5.32 Å². The van der Waals surface area contributed by atoms with E-state index in [0.29, 0.717) is 11.7 Å². The quantitative estimate of drug-likeness (QED) is 0.493. The topological polar surface area (TPSA) is 152 Å². The van der Waals surface area contributed by atoms with E-state index in [-0.39, 0.29) is 27.9 Å². The summed E-state index contributed by atoms with van der Waals surface area (Å²) in [6.45, 7) is -2.77. The Labute approximate surface area is 182 Å². The minimum atomic E-state index is -3.67. The Bertz CT molecular complexity index is 1350. The summed E-state index contributed by atoms with van der Waals surface area (Å²) in [5.74, 6) is -0.0745.